The second-order valence-corrected chi connectivity index (χ2v) is 10.7. The Hall–Kier alpha value is -2.58. The molecule has 8 heteroatoms. The van der Waals surface area contributed by atoms with Crippen molar-refractivity contribution < 1.29 is 24.2 Å². The van der Waals surface area contributed by atoms with Crippen molar-refractivity contribution in [1.82, 2.24) is 9.80 Å². The van der Waals surface area contributed by atoms with Gasteiger partial charge in [-0.2, -0.15) is 0 Å². The summed E-state index contributed by atoms with van der Waals surface area (Å²) >= 11 is 1.51. The number of likely N-dealkylation sites (tertiary alicyclic amines) is 1. The fourth-order valence-electron chi connectivity index (χ4n) is 5.70. The number of amides is 2. The molecule has 2 saturated heterocycles. The summed E-state index contributed by atoms with van der Waals surface area (Å²) in [5.41, 5.74) is 1.00. The first-order valence-corrected chi connectivity index (χ1v) is 11.7. The van der Waals surface area contributed by atoms with E-state index in [1.54, 1.807) is 4.90 Å². The molecule has 1 aromatic carbocycles. The van der Waals surface area contributed by atoms with Crippen LogP contribution in [0.25, 0.3) is 0 Å². The number of benzene rings is 1. The van der Waals surface area contributed by atoms with Crippen molar-refractivity contribution in [2.75, 3.05) is 26.3 Å². The Bertz CT molecular complexity index is 1010. The van der Waals surface area contributed by atoms with E-state index < -0.39 is 33.3 Å². The average Bonchev–Trinajstić information content (AvgIpc) is 3.03. The molecule has 0 aromatic heterocycles. The molecule has 2 amide bonds. The summed E-state index contributed by atoms with van der Waals surface area (Å²) in [6.07, 6.45) is 7.68. The number of nitrogens with zero attached hydrogens (tertiary/aromatic N) is 2. The number of hydrogen-bond acceptors (Lipinski definition) is 6. The standard InChI is InChI=1S/C24H26N2O5S/c1-23-9-6-14-31-22(30)18(23)17-20(28)26(12-13-27)19-21(29)25(11-5-10-24(17,19)32-23)15-16-7-3-2-4-8-16/h2-10,17-19,27H,11-15H2,1H3/t17-,18-,19?,23+,24-/m0/s1. The summed E-state index contributed by atoms with van der Waals surface area (Å²) < 4.78 is 3.84. The number of fused-ring (bicyclic) bond motifs is 2. The third kappa shape index (κ3) is 3.03. The number of carbonyl (C=O) groups excluding carboxylic acids is 3. The molecule has 2 fully saturated rings. The molecule has 32 heavy (non-hydrogen) atoms. The van der Waals surface area contributed by atoms with Crippen molar-refractivity contribution in [3.05, 3.63) is 60.2 Å². The Balaban J connectivity index is 1.59. The molecule has 1 unspecified atom stereocenters. The first kappa shape index (κ1) is 21.3. The predicted molar refractivity (Wildman–Crippen MR) is 119 cm³/mol. The highest BCUT2D eigenvalue weighted by atomic mass is 32.2. The largest absolute Gasteiger partial charge is 0.461 e. The van der Waals surface area contributed by atoms with Gasteiger partial charge in [0.25, 0.3) is 0 Å². The lowest BCUT2D eigenvalue weighted by Gasteiger charge is -2.36. The van der Waals surface area contributed by atoms with Crippen LogP contribution in [-0.2, 0) is 25.7 Å². The molecule has 0 bridgehead atoms. The number of aliphatic hydroxyl groups is 1. The van der Waals surface area contributed by atoms with E-state index in [9.17, 15) is 19.5 Å². The number of rotatable bonds is 4. The summed E-state index contributed by atoms with van der Waals surface area (Å²) in [6.45, 7) is 2.78. The molecule has 1 N–H and O–H groups in total. The van der Waals surface area contributed by atoms with Gasteiger partial charge in [0.05, 0.1) is 23.2 Å². The highest BCUT2D eigenvalue weighted by Crippen LogP contribution is 2.65. The van der Waals surface area contributed by atoms with Crippen LogP contribution in [0.1, 0.15) is 12.5 Å². The lowest BCUT2D eigenvalue weighted by Crippen LogP contribution is -2.53. The van der Waals surface area contributed by atoms with Gasteiger partial charge in [-0.05, 0) is 18.6 Å². The summed E-state index contributed by atoms with van der Waals surface area (Å²) in [7, 11) is 0. The zero-order chi connectivity index (χ0) is 22.5. The van der Waals surface area contributed by atoms with Crippen molar-refractivity contribution in [3.63, 3.8) is 0 Å². The molecule has 0 radical (unpaired) electrons. The molecule has 7 nitrogen and oxygen atoms in total. The third-order valence-corrected chi connectivity index (χ3v) is 8.75. The maximum atomic E-state index is 13.9. The number of ether oxygens (including phenoxy) is 1. The smallest absolute Gasteiger partial charge is 0.311 e. The molecule has 168 valence electrons. The minimum Gasteiger partial charge on any atom is -0.461 e. The van der Waals surface area contributed by atoms with E-state index in [1.807, 2.05) is 61.6 Å². The molecule has 4 heterocycles. The Labute approximate surface area is 191 Å². The van der Waals surface area contributed by atoms with E-state index in [2.05, 4.69) is 0 Å². The topological polar surface area (TPSA) is 87.1 Å². The Morgan fingerprint density at radius 1 is 1.09 bits per heavy atom. The minimum atomic E-state index is -0.894. The van der Waals surface area contributed by atoms with Gasteiger partial charge in [0.2, 0.25) is 11.8 Å². The van der Waals surface area contributed by atoms with Crippen molar-refractivity contribution in [3.8, 4) is 0 Å². The molecular formula is C24H26N2O5S. The lowest BCUT2D eigenvalue weighted by atomic mass is 9.75. The summed E-state index contributed by atoms with van der Waals surface area (Å²) in [5.74, 6) is -2.24. The van der Waals surface area contributed by atoms with Crippen LogP contribution in [0.2, 0.25) is 0 Å². The number of esters is 1. The normalized spacial score (nSPS) is 35.8. The SMILES string of the molecule is C[C@@]12C=CCOC(=O)[C@@H]1[C@H]1C(=O)N(CCO)C3C(=O)N(Cc4ccccc4)CC=C[C@@]31S2. The number of aliphatic hydroxyl groups excluding tert-OH is 1. The first-order chi connectivity index (χ1) is 15.4. The van der Waals surface area contributed by atoms with Crippen molar-refractivity contribution in [2.24, 2.45) is 11.8 Å². The number of hydrogen-bond donors (Lipinski definition) is 1. The molecule has 4 aliphatic heterocycles. The number of β-amino-alcohol motifs (C(OH)–C–C–N with tert-alkyl or cyclic N) is 1. The zero-order valence-corrected chi connectivity index (χ0v) is 18.7. The van der Waals surface area contributed by atoms with Gasteiger partial charge in [0.1, 0.15) is 12.6 Å². The van der Waals surface area contributed by atoms with Gasteiger partial charge < -0.3 is 19.6 Å². The highest BCUT2D eigenvalue weighted by molar-refractivity contribution is 8.02. The molecule has 0 saturated carbocycles. The van der Waals surface area contributed by atoms with Crippen LogP contribution in [0.15, 0.2) is 54.6 Å². The van der Waals surface area contributed by atoms with E-state index >= 15 is 0 Å². The van der Waals surface area contributed by atoms with E-state index in [0.717, 1.165) is 5.56 Å². The summed E-state index contributed by atoms with van der Waals surface area (Å²) in [5, 5.41) is 9.69. The molecule has 5 rings (SSSR count). The third-order valence-electron chi connectivity index (χ3n) is 6.95. The Morgan fingerprint density at radius 2 is 1.88 bits per heavy atom. The Morgan fingerprint density at radius 3 is 2.62 bits per heavy atom. The first-order valence-electron chi connectivity index (χ1n) is 10.9. The van der Waals surface area contributed by atoms with Gasteiger partial charge in [-0.3, -0.25) is 14.4 Å². The van der Waals surface area contributed by atoms with Crippen LogP contribution in [0.3, 0.4) is 0 Å². The average molecular weight is 455 g/mol. The quantitative estimate of drug-likeness (QED) is 0.546. The second kappa shape index (κ2) is 7.78. The van der Waals surface area contributed by atoms with Crippen LogP contribution < -0.4 is 0 Å². The van der Waals surface area contributed by atoms with Gasteiger partial charge in [-0.25, -0.2) is 0 Å². The molecule has 5 atom stereocenters. The van der Waals surface area contributed by atoms with E-state index in [0.29, 0.717) is 13.1 Å². The van der Waals surface area contributed by atoms with Gasteiger partial charge in [0.15, 0.2) is 0 Å². The fourth-order valence-corrected chi connectivity index (χ4v) is 7.85. The van der Waals surface area contributed by atoms with Crippen molar-refractivity contribution >= 4 is 29.5 Å². The van der Waals surface area contributed by atoms with E-state index in [1.165, 1.54) is 16.7 Å². The predicted octanol–water partition coefficient (Wildman–Crippen LogP) is 1.38. The maximum Gasteiger partial charge on any atom is 0.311 e. The van der Waals surface area contributed by atoms with Crippen molar-refractivity contribution in [1.29, 1.82) is 0 Å². The fraction of sp³-hybridized carbons (Fsp3) is 0.458. The van der Waals surface area contributed by atoms with Gasteiger partial charge in [-0.15, -0.1) is 11.8 Å². The summed E-state index contributed by atoms with van der Waals surface area (Å²) in [6, 6.07) is 8.94. The maximum absolute atomic E-state index is 13.9. The van der Waals surface area contributed by atoms with Gasteiger partial charge in [-0.1, -0.05) is 48.6 Å². The van der Waals surface area contributed by atoms with Crippen molar-refractivity contribution in [2.45, 2.75) is 29.0 Å². The monoisotopic (exact) mass is 454 g/mol. The molecule has 1 spiro atoms. The van der Waals surface area contributed by atoms with Crippen LogP contribution in [0.5, 0.6) is 0 Å². The lowest BCUT2D eigenvalue weighted by molar-refractivity contribution is -0.152. The number of carbonyl (C=O) groups is 3. The molecular weight excluding hydrogens is 428 g/mol. The van der Waals surface area contributed by atoms with Gasteiger partial charge in [0, 0.05) is 24.4 Å². The van der Waals surface area contributed by atoms with Crippen LogP contribution in [-0.4, -0.2) is 74.5 Å². The van der Waals surface area contributed by atoms with E-state index in [4.69, 9.17) is 4.74 Å². The second-order valence-electron chi connectivity index (χ2n) is 8.89. The van der Waals surface area contributed by atoms with Crippen LogP contribution in [0, 0.1) is 11.8 Å². The van der Waals surface area contributed by atoms with E-state index in [-0.39, 0.29) is 31.6 Å². The van der Waals surface area contributed by atoms with Crippen LogP contribution >= 0.6 is 11.8 Å². The molecule has 0 aliphatic carbocycles. The highest BCUT2D eigenvalue weighted by Gasteiger charge is 2.73. The zero-order valence-electron chi connectivity index (χ0n) is 17.8. The minimum absolute atomic E-state index is 0.0510. The Kier molecular flexibility index (Phi) is 5.17. The number of thioether (sulfide) groups is 1. The molecule has 4 aliphatic rings. The summed E-state index contributed by atoms with van der Waals surface area (Å²) in [4.78, 5) is 43.8. The van der Waals surface area contributed by atoms with Crippen LogP contribution in [0.4, 0.5) is 0 Å². The number of cyclic esters (lactones) is 1. The van der Waals surface area contributed by atoms with Gasteiger partial charge >= 0.3 is 5.97 Å². The molecule has 1 aromatic rings.